The lowest BCUT2D eigenvalue weighted by Gasteiger charge is -2.13. The maximum Gasteiger partial charge on any atom is 0.363 e. The molecular weight excluding hydrogens is 408 g/mol. The number of esters is 2. The van der Waals surface area contributed by atoms with E-state index in [1.54, 1.807) is 13.0 Å². The highest BCUT2D eigenvalue weighted by atomic mass is 16.6. The van der Waals surface area contributed by atoms with Gasteiger partial charge in [0.15, 0.2) is 17.2 Å². The Bertz CT molecular complexity index is 1130. The zero-order valence-electron chi connectivity index (χ0n) is 17.1. The van der Waals surface area contributed by atoms with Gasteiger partial charge in [0.25, 0.3) is 5.69 Å². The fourth-order valence-corrected chi connectivity index (χ4v) is 2.96. The third-order valence-corrected chi connectivity index (χ3v) is 4.38. The van der Waals surface area contributed by atoms with Crippen molar-refractivity contribution in [3.8, 4) is 17.2 Å². The van der Waals surface area contributed by atoms with E-state index in [-0.39, 0.29) is 34.5 Å². The first-order valence-electron chi connectivity index (χ1n) is 8.96. The van der Waals surface area contributed by atoms with Crippen LogP contribution in [0.2, 0.25) is 0 Å². The van der Waals surface area contributed by atoms with Gasteiger partial charge in [0.05, 0.1) is 19.1 Å². The Kier molecular flexibility index (Phi) is 6.00. The van der Waals surface area contributed by atoms with Gasteiger partial charge in [-0.2, -0.15) is 0 Å². The Balaban J connectivity index is 2.04. The average molecular weight is 426 g/mol. The summed E-state index contributed by atoms with van der Waals surface area (Å²) in [6.45, 7) is 2.80. The molecule has 0 N–H and O–H groups in total. The summed E-state index contributed by atoms with van der Waals surface area (Å²) in [6.07, 6.45) is 1.44. The number of nitro benzene ring substituents is 1. The lowest BCUT2D eigenvalue weighted by Crippen LogP contribution is -2.08. The predicted octanol–water partition coefficient (Wildman–Crippen LogP) is 3.19. The SMILES string of the molecule is COc1cc(/C=C2\N=C(c3cccc([N+](=O)[O-])c3C)OC2=O)cc(OC)c1OC(C)=O. The summed E-state index contributed by atoms with van der Waals surface area (Å²) in [5.74, 6) is -0.775. The molecule has 0 fully saturated rings. The smallest absolute Gasteiger partial charge is 0.363 e. The van der Waals surface area contributed by atoms with Crippen molar-refractivity contribution in [3.63, 3.8) is 0 Å². The molecule has 31 heavy (non-hydrogen) atoms. The van der Waals surface area contributed by atoms with Gasteiger partial charge >= 0.3 is 11.9 Å². The number of hydrogen-bond acceptors (Lipinski definition) is 9. The minimum Gasteiger partial charge on any atom is -0.493 e. The molecule has 0 amide bonds. The van der Waals surface area contributed by atoms with Crippen LogP contribution in [0.25, 0.3) is 6.08 Å². The lowest BCUT2D eigenvalue weighted by molar-refractivity contribution is -0.385. The van der Waals surface area contributed by atoms with Crippen LogP contribution in [0.5, 0.6) is 17.2 Å². The van der Waals surface area contributed by atoms with Crippen LogP contribution in [0.15, 0.2) is 41.0 Å². The molecule has 0 bridgehead atoms. The summed E-state index contributed by atoms with van der Waals surface area (Å²) in [4.78, 5) is 38.5. The zero-order valence-corrected chi connectivity index (χ0v) is 17.1. The van der Waals surface area contributed by atoms with E-state index in [2.05, 4.69) is 4.99 Å². The molecule has 2 aromatic carbocycles. The zero-order chi connectivity index (χ0) is 22.7. The number of cyclic esters (lactones) is 1. The van der Waals surface area contributed by atoms with Crippen molar-refractivity contribution in [3.05, 3.63) is 62.8 Å². The van der Waals surface area contributed by atoms with Gasteiger partial charge in [-0.1, -0.05) is 6.07 Å². The van der Waals surface area contributed by atoms with Crippen LogP contribution in [0.4, 0.5) is 5.69 Å². The van der Waals surface area contributed by atoms with E-state index in [0.29, 0.717) is 16.7 Å². The number of hydrogen-bond donors (Lipinski definition) is 0. The monoisotopic (exact) mass is 426 g/mol. The van der Waals surface area contributed by atoms with Gasteiger partial charge < -0.3 is 18.9 Å². The summed E-state index contributed by atoms with van der Waals surface area (Å²) in [7, 11) is 2.79. The molecule has 0 aliphatic carbocycles. The maximum atomic E-state index is 12.3. The van der Waals surface area contributed by atoms with Crippen LogP contribution in [0, 0.1) is 17.0 Å². The van der Waals surface area contributed by atoms with Crippen LogP contribution < -0.4 is 14.2 Å². The fourth-order valence-electron chi connectivity index (χ4n) is 2.96. The average Bonchev–Trinajstić information content (AvgIpc) is 3.08. The van der Waals surface area contributed by atoms with E-state index in [1.165, 1.54) is 51.5 Å². The van der Waals surface area contributed by atoms with Gasteiger partial charge in [-0.15, -0.1) is 0 Å². The van der Waals surface area contributed by atoms with Crippen molar-refractivity contribution in [1.82, 2.24) is 0 Å². The van der Waals surface area contributed by atoms with Crippen molar-refractivity contribution in [2.45, 2.75) is 13.8 Å². The molecule has 0 saturated heterocycles. The molecule has 0 spiro atoms. The van der Waals surface area contributed by atoms with Crippen LogP contribution >= 0.6 is 0 Å². The first-order valence-corrected chi connectivity index (χ1v) is 8.96. The quantitative estimate of drug-likeness (QED) is 0.227. The standard InChI is InChI=1S/C21H18N2O8/c1-11-14(6-5-7-16(11)23(26)27)20-22-15(21(25)31-20)8-13-9-17(28-3)19(30-12(2)24)18(10-13)29-4/h5-10H,1-4H3/b15-8-. The molecule has 0 saturated carbocycles. The number of nitrogens with zero attached hydrogens (tertiary/aromatic N) is 2. The Morgan fingerprint density at radius 1 is 1.19 bits per heavy atom. The van der Waals surface area contributed by atoms with E-state index < -0.39 is 16.9 Å². The third kappa shape index (κ3) is 4.37. The second-order valence-corrected chi connectivity index (χ2v) is 6.39. The molecule has 1 heterocycles. The summed E-state index contributed by atoms with van der Waals surface area (Å²) in [6, 6.07) is 7.50. The Morgan fingerprint density at radius 3 is 2.39 bits per heavy atom. The number of ether oxygens (including phenoxy) is 4. The molecule has 1 aliphatic heterocycles. The first-order chi connectivity index (χ1) is 14.7. The molecular formula is C21H18N2O8. The molecule has 10 nitrogen and oxygen atoms in total. The number of rotatable bonds is 6. The van der Waals surface area contributed by atoms with Crippen LogP contribution in [0.1, 0.15) is 23.6 Å². The number of carbonyl (C=O) groups excluding carboxylic acids is 2. The number of benzene rings is 2. The summed E-state index contributed by atoms with van der Waals surface area (Å²) in [5, 5.41) is 11.2. The van der Waals surface area contributed by atoms with E-state index in [0.717, 1.165) is 0 Å². The Hall–Kier alpha value is -4.21. The normalized spacial score (nSPS) is 14.1. The second kappa shape index (κ2) is 8.66. The maximum absolute atomic E-state index is 12.3. The van der Waals surface area contributed by atoms with E-state index in [1.807, 2.05) is 0 Å². The Labute approximate surface area is 176 Å². The molecule has 160 valence electrons. The number of methoxy groups -OCH3 is 2. The summed E-state index contributed by atoms with van der Waals surface area (Å²) < 4.78 is 20.9. The highest BCUT2D eigenvalue weighted by Gasteiger charge is 2.28. The van der Waals surface area contributed by atoms with Gasteiger partial charge in [-0.25, -0.2) is 9.79 Å². The minimum atomic E-state index is -0.720. The first kappa shape index (κ1) is 21.5. The van der Waals surface area contributed by atoms with E-state index in [9.17, 15) is 19.7 Å². The van der Waals surface area contributed by atoms with Gasteiger partial charge in [0.1, 0.15) is 0 Å². The Morgan fingerprint density at radius 2 is 1.84 bits per heavy atom. The van der Waals surface area contributed by atoms with Crippen LogP contribution in [-0.4, -0.2) is 37.0 Å². The fraction of sp³-hybridized carbons (Fsp3) is 0.190. The van der Waals surface area contributed by atoms with E-state index in [4.69, 9.17) is 18.9 Å². The largest absolute Gasteiger partial charge is 0.493 e. The van der Waals surface area contributed by atoms with Gasteiger partial charge in [-0.3, -0.25) is 14.9 Å². The van der Waals surface area contributed by atoms with Crippen LogP contribution in [-0.2, 0) is 14.3 Å². The van der Waals surface area contributed by atoms with Crippen molar-refractivity contribution in [2.24, 2.45) is 4.99 Å². The molecule has 2 aromatic rings. The molecule has 3 rings (SSSR count). The molecule has 0 atom stereocenters. The lowest BCUT2D eigenvalue weighted by atomic mass is 10.1. The predicted molar refractivity (Wildman–Crippen MR) is 109 cm³/mol. The van der Waals surface area contributed by atoms with Gasteiger partial charge in [-0.05, 0) is 36.8 Å². The highest BCUT2D eigenvalue weighted by molar-refractivity contribution is 6.13. The van der Waals surface area contributed by atoms with Crippen molar-refractivity contribution >= 4 is 29.6 Å². The van der Waals surface area contributed by atoms with Crippen molar-refractivity contribution in [2.75, 3.05) is 14.2 Å². The number of nitro groups is 1. The van der Waals surface area contributed by atoms with Crippen molar-refractivity contribution < 1.29 is 33.5 Å². The van der Waals surface area contributed by atoms with Crippen LogP contribution in [0.3, 0.4) is 0 Å². The highest BCUT2D eigenvalue weighted by Crippen LogP contribution is 2.39. The molecule has 10 heteroatoms. The van der Waals surface area contributed by atoms with E-state index >= 15 is 0 Å². The molecule has 0 aromatic heterocycles. The van der Waals surface area contributed by atoms with Gasteiger partial charge in [0.2, 0.25) is 11.6 Å². The second-order valence-electron chi connectivity index (χ2n) is 6.39. The molecule has 0 radical (unpaired) electrons. The molecule has 0 unspecified atom stereocenters. The summed E-state index contributed by atoms with van der Waals surface area (Å²) >= 11 is 0. The number of aliphatic imine (C=N–C) groups is 1. The minimum absolute atomic E-state index is 0.0229. The number of carbonyl (C=O) groups is 2. The van der Waals surface area contributed by atoms with Gasteiger partial charge in [0, 0.05) is 24.1 Å². The van der Waals surface area contributed by atoms with Crippen molar-refractivity contribution in [1.29, 1.82) is 0 Å². The topological polar surface area (TPSA) is 127 Å². The molecule has 1 aliphatic rings. The third-order valence-electron chi connectivity index (χ3n) is 4.38. The summed E-state index contributed by atoms with van der Waals surface area (Å²) in [5.41, 5.74) is 1.01.